The van der Waals surface area contributed by atoms with E-state index in [9.17, 15) is 4.79 Å². The van der Waals surface area contributed by atoms with Crippen LogP contribution in [0.3, 0.4) is 0 Å². The van der Waals surface area contributed by atoms with Crippen LogP contribution in [0.15, 0.2) is 53.3 Å². The highest BCUT2D eigenvalue weighted by Gasteiger charge is 2.31. The number of fused-ring (bicyclic) bond motifs is 1. The third-order valence-electron chi connectivity index (χ3n) is 6.03. The van der Waals surface area contributed by atoms with Crippen LogP contribution in [0.25, 0.3) is 10.9 Å². The van der Waals surface area contributed by atoms with E-state index in [2.05, 4.69) is 31.5 Å². The van der Waals surface area contributed by atoms with Crippen molar-refractivity contribution >= 4 is 10.9 Å². The number of rotatable bonds is 6. The van der Waals surface area contributed by atoms with Gasteiger partial charge in [-0.15, -0.1) is 5.10 Å². The van der Waals surface area contributed by atoms with E-state index in [0.717, 1.165) is 27.8 Å². The molecule has 9 heteroatoms. The van der Waals surface area contributed by atoms with E-state index in [4.69, 9.17) is 9.47 Å². The Morgan fingerprint density at radius 3 is 2.67 bits per heavy atom. The number of pyridine rings is 1. The molecule has 5 rings (SSSR count). The fraction of sp³-hybridized carbons (Fsp3) is 0.333. The van der Waals surface area contributed by atoms with Gasteiger partial charge in [0.2, 0.25) is 0 Å². The molecule has 1 atom stereocenters. The van der Waals surface area contributed by atoms with E-state index in [1.54, 1.807) is 11.8 Å². The number of tetrazole rings is 1. The molecule has 1 aliphatic rings. The normalized spacial score (nSPS) is 15.6. The zero-order valence-electron chi connectivity index (χ0n) is 18.7. The Balaban J connectivity index is 1.58. The predicted molar refractivity (Wildman–Crippen MR) is 123 cm³/mol. The zero-order chi connectivity index (χ0) is 22.8. The maximum atomic E-state index is 13.2. The van der Waals surface area contributed by atoms with Crippen molar-refractivity contribution in [3.05, 3.63) is 81.4 Å². The number of methoxy groups -OCH3 is 1. The van der Waals surface area contributed by atoms with Gasteiger partial charge in [0, 0.05) is 24.2 Å². The highest BCUT2D eigenvalue weighted by atomic mass is 16.5. The molecule has 2 aromatic heterocycles. The molecule has 0 saturated carbocycles. The van der Waals surface area contributed by atoms with Gasteiger partial charge < -0.3 is 14.5 Å². The topological polar surface area (TPSA) is 98.2 Å². The quantitative estimate of drug-likeness (QED) is 0.485. The molecule has 9 nitrogen and oxygen atoms in total. The summed E-state index contributed by atoms with van der Waals surface area (Å²) in [7, 11) is 1.64. The highest BCUT2D eigenvalue weighted by Crippen LogP contribution is 2.28. The summed E-state index contributed by atoms with van der Waals surface area (Å²) in [5, 5.41) is 13.6. The monoisotopic (exact) mass is 446 g/mol. The second-order valence-corrected chi connectivity index (χ2v) is 8.24. The van der Waals surface area contributed by atoms with E-state index < -0.39 is 6.04 Å². The lowest BCUT2D eigenvalue weighted by Gasteiger charge is -2.33. The molecule has 170 valence electrons. The fourth-order valence-corrected chi connectivity index (χ4v) is 4.30. The predicted octanol–water partition coefficient (Wildman–Crippen LogP) is 2.30. The smallest absolute Gasteiger partial charge is 0.253 e. The first-order valence-corrected chi connectivity index (χ1v) is 11.0. The Kier molecular flexibility index (Phi) is 5.89. The van der Waals surface area contributed by atoms with Gasteiger partial charge in [-0.25, -0.2) is 4.68 Å². The number of nitrogens with one attached hydrogen (secondary N) is 1. The van der Waals surface area contributed by atoms with Gasteiger partial charge in [-0.05, 0) is 58.6 Å². The lowest BCUT2D eigenvalue weighted by Crippen LogP contribution is -2.42. The number of ether oxygens (including phenoxy) is 2. The average molecular weight is 447 g/mol. The number of nitrogens with zero attached hydrogens (tertiary/aromatic N) is 5. The summed E-state index contributed by atoms with van der Waals surface area (Å²) in [6.07, 6.45) is 0. The van der Waals surface area contributed by atoms with Crippen LogP contribution in [0.5, 0.6) is 5.75 Å². The van der Waals surface area contributed by atoms with Gasteiger partial charge >= 0.3 is 0 Å². The molecule has 1 N–H and O–H groups in total. The number of benzene rings is 2. The molecule has 2 aromatic carbocycles. The van der Waals surface area contributed by atoms with Gasteiger partial charge in [-0.2, -0.15) is 0 Å². The second-order valence-electron chi connectivity index (χ2n) is 8.24. The molecule has 0 amide bonds. The third-order valence-corrected chi connectivity index (χ3v) is 6.03. The largest absolute Gasteiger partial charge is 0.497 e. The van der Waals surface area contributed by atoms with Crippen LogP contribution in [-0.2, 0) is 11.3 Å². The Bertz CT molecular complexity index is 1310. The Hall–Kier alpha value is -3.56. The third kappa shape index (κ3) is 4.37. The number of hydrogen-bond acceptors (Lipinski definition) is 7. The van der Waals surface area contributed by atoms with E-state index in [-0.39, 0.29) is 5.56 Å². The van der Waals surface area contributed by atoms with Gasteiger partial charge in [-0.3, -0.25) is 9.69 Å². The Labute approximate surface area is 190 Å². The number of H-pyrrole nitrogens is 1. The van der Waals surface area contributed by atoms with E-state index in [1.165, 1.54) is 0 Å². The average Bonchev–Trinajstić information content (AvgIpc) is 3.28. The molecule has 33 heavy (non-hydrogen) atoms. The minimum atomic E-state index is -0.393. The van der Waals surface area contributed by atoms with Crippen molar-refractivity contribution in [3.8, 4) is 5.75 Å². The number of aromatic nitrogens is 5. The van der Waals surface area contributed by atoms with Crippen LogP contribution in [0.1, 0.15) is 28.6 Å². The van der Waals surface area contributed by atoms with Crippen molar-refractivity contribution in [3.63, 3.8) is 0 Å². The minimum absolute atomic E-state index is 0.137. The molecule has 0 bridgehead atoms. The maximum absolute atomic E-state index is 13.2. The van der Waals surface area contributed by atoms with Crippen LogP contribution in [0, 0.1) is 6.92 Å². The molecular weight excluding hydrogens is 420 g/mol. The number of aromatic amines is 1. The minimum Gasteiger partial charge on any atom is -0.497 e. The van der Waals surface area contributed by atoms with E-state index >= 15 is 0 Å². The van der Waals surface area contributed by atoms with Gasteiger partial charge in [0.25, 0.3) is 5.56 Å². The molecule has 0 radical (unpaired) electrons. The maximum Gasteiger partial charge on any atom is 0.253 e. The summed E-state index contributed by atoms with van der Waals surface area (Å²) in [6.45, 7) is 5.09. The van der Waals surface area contributed by atoms with Gasteiger partial charge in [0.05, 0.1) is 26.9 Å². The van der Waals surface area contributed by atoms with Crippen molar-refractivity contribution in [1.82, 2.24) is 30.1 Å². The van der Waals surface area contributed by atoms with Crippen LogP contribution in [-0.4, -0.2) is 63.5 Å². The molecule has 3 heterocycles. The van der Waals surface area contributed by atoms with E-state index in [0.29, 0.717) is 44.2 Å². The van der Waals surface area contributed by atoms with Gasteiger partial charge in [-0.1, -0.05) is 23.8 Å². The zero-order valence-corrected chi connectivity index (χ0v) is 18.7. The van der Waals surface area contributed by atoms with Crippen LogP contribution in [0.4, 0.5) is 0 Å². The first kappa shape index (κ1) is 21.3. The standard InChI is InChI=1S/C24H26N6O3/c1-16-3-8-21-18(13-16)14-20(24(31)25-21)22(29-9-11-33-12-10-29)23-26-27-28-30(23)15-17-4-6-19(32-2)7-5-17/h3-8,13-14,22H,9-12,15H2,1-2H3,(H,25,31)/t22-/m0/s1. The van der Waals surface area contributed by atoms with Crippen molar-refractivity contribution in [1.29, 1.82) is 0 Å². The lowest BCUT2D eigenvalue weighted by molar-refractivity contribution is 0.0214. The summed E-state index contributed by atoms with van der Waals surface area (Å²) >= 11 is 0. The first-order chi connectivity index (χ1) is 16.1. The molecule has 0 aliphatic carbocycles. The van der Waals surface area contributed by atoms with Gasteiger partial charge in [0.15, 0.2) is 5.82 Å². The van der Waals surface area contributed by atoms with Crippen LogP contribution < -0.4 is 10.3 Å². The molecule has 0 unspecified atom stereocenters. The highest BCUT2D eigenvalue weighted by molar-refractivity contribution is 5.79. The first-order valence-electron chi connectivity index (χ1n) is 11.0. The van der Waals surface area contributed by atoms with Gasteiger partial charge in [0.1, 0.15) is 11.8 Å². The summed E-state index contributed by atoms with van der Waals surface area (Å²) in [5.74, 6) is 1.42. The number of hydrogen-bond donors (Lipinski definition) is 1. The van der Waals surface area contributed by atoms with Crippen molar-refractivity contribution in [2.75, 3.05) is 33.4 Å². The number of aryl methyl sites for hydroxylation is 1. The summed E-state index contributed by atoms with van der Waals surface area (Å²) in [5.41, 5.74) is 3.47. The lowest BCUT2D eigenvalue weighted by atomic mass is 10.0. The Morgan fingerprint density at radius 2 is 1.91 bits per heavy atom. The summed E-state index contributed by atoms with van der Waals surface area (Å²) in [4.78, 5) is 18.5. The second kappa shape index (κ2) is 9.13. The van der Waals surface area contributed by atoms with Crippen molar-refractivity contribution in [2.24, 2.45) is 0 Å². The summed E-state index contributed by atoms with van der Waals surface area (Å²) in [6, 6.07) is 15.4. The van der Waals surface area contributed by atoms with E-state index in [1.807, 2.05) is 49.4 Å². The van der Waals surface area contributed by atoms with Crippen molar-refractivity contribution in [2.45, 2.75) is 19.5 Å². The molecule has 4 aromatic rings. The fourth-order valence-electron chi connectivity index (χ4n) is 4.30. The Morgan fingerprint density at radius 1 is 1.12 bits per heavy atom. The summed E-state index contributed by atoms with van der Waals surface area (Å²) < 4.78 is 12.6. The molecule has 0 spiro atoms. The molecule has 1 aliphatic heterocycles. The van der Waals surface area contributed by atoms with Crippen LogP contribution in [0.2, 0.25) is 0 Å². The number of morpholine rings is 1. The SMILES string of the molecule is COc1ccc(Cn2nnnc2[C@H](c2cc3cc(C)ccc3[nH]c2=O)N2CCOCC2)cc1. The molecule has 1 saturated heterocycles. The van der Waals surface area contributed by atoms with Crippen molar-refractivity contribution < 1.29 is 9.47 Å². The molecule has 1 fully saturated rings. The van der Waals surface area contributed by atoms with Crippen LogP contribution >= 0.6 is 0 Å². The molecular formula is C24H26N6O3.